The summed E-state index contributed by atoms with van der Waals surface area (Å²) in [6.07, 6.45) is 3.60. The molecular weight excluding hydrogens is 304 g/mol. The van der Waals surface area contributed by atoms with E-state index in [0.29, 0.717) is 13.1 Å². The Hall–Kier alpha value is -2.30. The maximum absolute atomic E-state index is 12.6. The highest BCUT2D eigenvalue weighted by Gasteiger charge is 2.40. The van der Waals surface area contributed by atoms with Crippen molar-refractivity contribution < 1.29 is 14.0 Å². The van der Waals surface area contributed by atoms with Crippen molar-refractivity contribution in [3.63, 3.8) is 0 Å². The van der Waals surface area contributed by atoms with Crippen molar-refractivity contribution in [2.24, 2.45) is 5.92 Å². The fourth-order valence-corrected chi connectivity index (χ4v) is 3.55. The summed E-state index contributed by atoms with van der Waals surface area (Å²) in [5.41, 5.74) is 1.90. The van der Waals surface area contributed by atoms with E-state index in [4.69, 9.17) is 4.42 Å². The number of carbonyl (C=O) groups is 2. The highest BCUT2D eigenvalue weighted by Crippen LogP contribution is 2.33. The standard InChI is InChI=1S/C19H22N2O3/c1-12-14-5-2-3-7-16(14)24-17(12)11-20-18(22)15-6-4-10-21(15)19(23)13-8-9-13/h2-3,5,7,13,15H,4,6,8-11H2,1H3,(H,20,22)/t15-/m0/s1. The number of hydrogen-bond acceptors (Lipinski definition) is 3. The molecule has 0 bridgehead atoms. The molecule has 2 aliphatic rings. The molecule has 2 heterocycles. The third-order valence-corrected chi connectivity index (χ3v) is 5.13. The number of nitrogens with one attached hydrogen (secondary N) is 1. The van der Waals surface area contributed by atoms with Gasteiger partial charge in [-0.15, -0.1) is 0 Å². The summed E-state index contributed by atoms with van der Waals surface area (Å²) in [6.45, 7) is 3.07. The number of carbonyl (C=O) groups excluding carboxylic acids is 2. The first-order valence-corrected chi connectivity index (χ1v) is 8.70. The molecule has 1 aliphatic carbocycles. The van der Waals surface area contributed by atoms with E-state index in [2.05, 4.69) is 5.32 Å². The Morgan fingerprint density at radius 2 is 2.04 bits per heavy atom. The molecule has 5 nitrogen and oxygen atoms in total. The van der Waals surface area contributed by atoms with E-state index < -0.39 is 0 Å². The van der Waals surface area contributed by atoms with Gasteiger partial charge in [0.15, 0.2) is 0 Å². The van der Waals surface area contributed by atoms with Gasteiger partial charge in [-0.1, -0.05) is 18.2 Å². The molecule has 1 aliphatic heterocycles. The average Bonchev–Trinajstić information content (AvgIpc) is 3.24. The lowest BCUT2D eigenvalue weighted by Gasteiger charge is -2.23. The molecule has 2 fully saturated rings. The Morgan fingerprint density at radius 1 is 1.25 bits per heavy atom. The van der Waals surface area contributed by atoms with Gasteiger partial charge in [-0.3, -0.25) is 9.59 Å². The van der Waals surface area contributed by atoms with E-state index in [0.717, 1.165) is 48.0 Å². The predicted octanol–water partition coefficient (Wildman–Crippen LogP) is 2.76. The van der Waals surface area contributed by atoms with Crippen LogP contribution in [0, 0.1) is 12.8 Å². The van der Waals surface area contributed by atoms with Gasteiger partial charge in [0.05, 0.1) is 6.54 Å². The second kappa shape index (κ2) is 5.96. The highest BCUT2D eigenvalue weighted by molar-refractivity contribution is 5.90. The number of para-hydroxylation sites is 1. The lowest BCUT2D eigenvalue weighted by Crippen LogP contribution is -2.46. The molecule has 1 N–H and O–H groups in total. The van der Waals surface area contributed by atoms with Crippen LogP contribution in [0.15, 0.2) is 28.7 Å². The van der Waals surface area contributed by atoms with Gasteiger partial charge < -0.3 is 14.6 Å². The van der Waals surface area contributed by atoms with Crippen LogP contribution < -0.4 is 5.32 Å². The summed E-state index contributed by atoms with van der Waals surface area (Å²) in [7, 11) is 0. The van der Waals surface area contributed by atoms with Gasteiger partial charge in [0.2, 0.25) is 11.8 Å². The summed E-state index contributed by atoms with van der Waals surface area (Å²) in [5.74, 6) is 1.03. The largest absolute Gasteiger partial charge is 0.459 e. The molecule has 2 aromatic rings. The van der Waals surface area contributed by atoms with Crippen LogP contribution in [0.2, 0.25) is 0 Å². The monoisotopic (exact) mass is 326 g/mol. The van der Waals surface area contributed by atoms with Crippen LogP contribution in [-0.4, -0.2) is 29.3 Å². The molecule has 126 valence electrons. The Morgan fingerprint density at radius 3 is 2.79 bits per heavy atom. The summed E-state index contributed by atoms with van der Waals surface area (Å²) in [6, 6.07) is 7.55. The van der Waals surface area contributed by atoms with Crippen molar-refractivity contribution in [3.05, 3.63) is 35.6 Å². The van der Waals surface area contributed by atoms with E-state index in [9.17, 15) is 9.59 Å². The molecule has 1 saturated carbocycles. The minimum atomic E-state index is -0.317. The molecule has 1 aromatic heterocycles. The van der Waals surface area contributed by atoms with Gasteiger partial charge in [0, 0.05) is 23.4 Å². The number of fused-ring (bicyclic) bond motifs is 1. The normalized spacial score (nSPS) is 20.5. The number of hydrogen-bond donors (Lipinski definition) is 1. The molecule has 1 saturated heterocycles. The molecule has 0 radical (unpaired) electrons. The summed E-state index contributed by atoms with van der Waals surface area (Å²) < 4.78 is 5.84. The second-order valence-electron chi connectivity index (χ2n) is 6.83. The van der Waals surface area contributed by atoms with Crippen molar-refractivity contribution in [3.8, 4) is 0 Å². The third kappa shape index (κ3) is 2.68. The first-order chi connectivity index (χ1) is 11.6. The van der Waals surface area contributed by atoms with Crippen molar-refractivity contribution >= 4 is 22.8 Å². The zero-order chi connectivity index (χ0) is 16.7. The Balaban J connectivity index is 1.43. The number of furan rings is 1. The summed E-state index contributed by atoms with van der Waals surface area (Å²) >= 11 is 0. The van der Waals surface area contributed by atoms with Gasteiger partial charge in [-0.2, -0.15) is 0 Å². The first kappa shape index (κ1) is 15.2. The average molecular weight is 326 g/mol. The van der Waals surface area contributed by atoms with Crippen LogP contribution in [0.4, 0.5) is 0 Å². The quantitative estimate of drug-likeness (QED) is 0.940. The smallest absolute Gasteiger partial charge is 0.243 e. The van der Waals surface area contributed by atoms with Gasteiger partial charge in [-0.25, -0.2) is 0 Å². The van der Waals surface area contributed by atoms with Crippen molar-refractivity contribution in [1.29, 1.82) is 0 Å². The van der Waals surface area contributed by atoms with Crippen LogP contribution in [-0.2, 0) is 16.1 Å². The highest BCUT2D eigenvalue weighted by atomic mass is 16.3. The van der Waals surface area contributed by atoms with E-state index in [1.807, 2.05) is 31.2 Å². The van der Waals surface area contributed by atoms with E-state index >= 15 is 0 Å². The number of rotatable bonds is 4. The van der Waals surface area contributed by atoms with Crippen LogP contribution in [0.1, 0.15) is 37.0 Å². The Kier molecular flexibility index (Phi) is 3.79. The fraction of sp³-hybridized carbons (Fsp3) is 0.474. The number of nitrogens with zero attached hydrogens (tertiary/aromatic N) is 1. The molecule has 24 heavy (non-hydrogen) atoms. The molecule has 0 spiro atoms. The molecule has 1 atom stereocenters. The SMILES string of the molecule is Cc1c(CNC(=O)[C@@H]2CCCN2C(=O)C2CC2)oc2ccccc12. The minimum absolute atomic E-state index is 0.0682. The lowest BCUT2D eigenvalue weighted by molar-refractivity contribution is -0.139. The number of benzene rings is 1. The number of aryl methyl sites for hydroxylation is 1. The van der Waals surface area contributed by atoms with E-state index in [-0.39, 0.29) is 23.8 Å². The van der Waals surface area contributed by atoms with Gasteiger partial charge >= 0.3 is 0 Å². The van der Waals surface area contributed by atoms with Crippen LogP contribution in [0.25, 0.3) is 11.0 Å². The number of amides is 2. The molecule has 4 rings (SSSR count). The summed E-state index contributed by atoms with van der Waals surface area (Å²) in [4.78, 5) is 26.6. The molecular formula is C19H22N2O3. The second-order valence-corrected chi connectivity index (χ2v) is 6.83. The maximum atomic E-state index is 12.6. The van der Waals surface area contributed by atoms with Crippen molar-refractivity contribution in [1.82, 2.24) is 10.2 Å². The van der Waals surface area contributed by atoms with E-state index in [1.54, 1.807) is 4.90 Å². The number of likely N-dealkylation sites (tertiary alicyclic amines) is 1. The predicted molar refractivity (Wildman–Crippen MR) is 90.3 cm³/mol. The van der Waals surface area contributed by atoms with Gasteiger partial charge in [0.1, 0.15) is 17.4 Å². The molecule has 5 heteroatoms. The Bertz CT molecular complexity index is 791. The van der Waals surface area contributed by atoms with Crippen molar-refractivity contribution in [2.75, 3.05) is 6.54 Å². The zero-order valence-electron chi connectivity index (χ0n) is 13.9. The van der Waals surface area contributed by atoms with E-state index in [1.165, 1.54) is 0 Å². The van der Waals surface area contributed by atoms with Gasteiger partial charge in [0.25, 0.3) is 0 Å². The Labute approximate surface area is 141 Å². The molecule has 0 unspecified atom stereocenters. The molecule has 2 amide bonds. The van der Waals surface area contributed by atoms with Crippen molar-refractivity contribution in [2.45, 2.75) is 45.2 Å². The third-order valence-electron chi connectivity index (χ3n) is 5.13. The molecule has 1 aromatic carbocycles. The maximum Gasteiger partial charge on any atom is 0.243 e. The first-order valence-electron chi connectivity index (χ1n) is 8.70. The topological polar surface area (TPSA) is 62.6 Å². The zero-order valence-corrected chi connectivity index (χ0v) is 13.9. The van der Waals surface area contributed by atoms with Gasteiger partial charge in [-0.05, 0) is 38.7 Å². The summed E-state index contributed by atoms with van der Waals surface area (Å²) in [5, 5.41) is 4.04. The van der Waals surface area contributed by atoms with Crippen LogP contribution in [0.3, 0.4) is 0 Å². The minimum Gasteiger partial charge on any atom is -0.459 e. The lowest BCUT2D eigenvalue weighted by atomic mass is 10.1. The van der Waals surface area contributed by atoms with Crippen LogP contribution >= 0.6 is 0 Å². The van der Waals surface area contributed by atoms with Crippen LogP contribution in [0.5, 0.6) is 0 Å². The fourth-order valence-electron chi connectivity index (χ4n) is 3.55.